The molecule has 0 aromatic carbocycles. The molecule has 0 aliphatic carbocycles. The van der Waals surface area contributed by atoms with Gasteiger partial charge in [0.25, 0.3) is 0 Å². The zero-order chi connectivity index (χ0) is 14.0. The minimum Gasteiger partial charge on any atom is -0.316 e. The third-order valence-electron chi connectivity index (χ3n) is 2.98. The fraction of sp³-hybridized carbons (Fsp3) is 0.467. The Morgan fingerprint density at radius 2 is 2.00 bits per heavy atom. The van der Waals surface area contributed by atoms with Crippen molar-refractivity contribution in [2.45, 2.75) is 39.7 Å². The summed E-state index contributed by atoms with van der Waals surface area (Å²) in [5.41, 5.74) is 3.34. The third-order valence-corrected chi connectivity index (χ3v) is 2.98. The summed E-state index contributed by atoms with van der Waals surface area (Å²) in [6, 6.07) is 6.23. The molecule has 2 aromatic heterocycles. The first kappa shape index (κ1) is 13.7. The Morgan fingerprint density at radius 1 is 1.26 bits per heavy atom. The second kappa shape index (κ2) is 5.13. The molecule has 0 radical (unpaired) electrons. The first-order valence-electron chi connectivity index (χ1n) is 6.59. The maximum Gasteiger partial charge on any atom is 0.153 e. The molecule has 4 nitrogen and oxygen atoms in total. The van der Waals surface area contributed by atoms with E-state index in [-0.39, 0.29) is 5.41 Å². The van der Waals surface area contributed by atoms with Gasteiger partial charge in [-0.1, -0.05) is 20.8 Å². The molecule has 2 heterocycles. The Labute approximate surface area is 114 Å². The minimum absolute atomic E-state index is 0.0285. The van der Waals surface area contributed by atoms with Crippen LogP contribution in [0.15, 0.2) is 24.4 Å². The summed E-state index contributed by atoms with van der Waals surface area (Å²) in [6.07, 6.45) is 1.95. The lowest BCUT2D eigenvalue weighted by atomic mass is 9.90. The molecule has 2 rings (SSSR count). The molecule has 0 aliphatic rings. The molecule has 0 amide bonds. The van der Waals surface area contributed by atoms with Crippen molar-refractivity contribution in [3.8, 4) is 5.82 Å². The van der Waals surface area contributed by atoms with Gasteiger partial charge in [0.2, 0.25) is 0 Å². The topological polar surface area (TPSA) is 42.7 Å². The van der Waals surface area contributed by atoms with Crippen molar-refractivity contribution in [2.24, 2.45) is 0 Å². The molecule has 102 valence electrons. The number of rotatable bonds is 3. The average molecular weight is 258 g/mol. The summed E-state index contributed by atoms with van der Waals surface area (Å²) < 4.78 is 1.84. The van der Waals surface area contributed by atoms with E-state index in [1.54, 1.807) is 0 Å². The van der Waals surface area contributed by atoms with E-state index < -0.39 is 0 Å². The Morgan fingerprint density at radius 3 is 2.53 bits per heavy atom. The van der Waals surface area contributed by atoms with Gasteiger partial charge in [-0.2, -0.15) is 5.10 Å². The lowest BCUT2D eigenvalue weighted by Gasteiger charge is -2.20. The number of hydrogen-bond acceptors (Lipinski definition) is 3. The van der Waals surface area contributed by atoms with Crippen LogP contribution < -0.4 is 5.32 Å². The van der Waals surface area contributed by atoms with E-state index in [4.69, 9.17) is 4.98 Å². The molecule has 0 saturated heterocycles. The molecule has 0 atom stereocenters. The lowest BCUT2D eigenvalue weighted by molar-refractivity contribution is 0.564. The normalized spacial score (nSPS) is 11.8. The minimum atomic E-state index is 0.0285. The van der Waals surface area contributed by atoms with Crippen LogP contribution in [0.25, 0.3) is 5.82 Å². The fourth-order valence-electron chi connectivity index (χ4n) is 1.92. The van der Waals surface area contributed by atoms with E-state index in [2.05, 4.69) is 43.3 Å². The first-order chi connectivity index (χ1) is 8.90. The van der Waals surface area contributed by atoms with Crippen molar-refractivity contribution in [3.05, 3.63) is 41.3 Å². The molecule has 0 fully saturated rings. The van der Waals surface area contributed by atoms with Crippen molar-refractivity contribution < 1.29 is 0 Å². The van der Waals surface area contributed by atoms with Gasteiger partial charge >= 0.3 is 0 Å². The summed E-state index contributed by atoms with van der Waals surface area (Å²) in [6.45, 7) is 9.35. The molecule has 19 heavy (non-hydrogen) atoms. The monoisotopic (exact) mass is 258 g/mol. The Balaban J connectivity index is 2.51. The summed E-state index contributed by atoms with van der Waals surface area (Å²) in [5, 5.41) is 7.63. The van der Waals surface area contributed by atoms with Crippen LogP contribution in [0.4, 0.5) is 0 Å². The fourth-order valence-corrected chi connectivity index (χ4v) is 1.92. The molecule has 0 spiro atoms. The van der Waals surface area contributed by atoms with Gasteiger partial charge in [-0.15, -0.1) is 0 Å². The van der Waals surface area contributed by atoms with Gasteiger partial charge in [0, 0.05) is 23.9 Å². The molecular weight excluding hydrogens is 236 g/mol. The van der Waals surface area contributed by atoms with E-state index in [1.165, 1.54) is 5.56 Å². The highest BCUT2D eigenvalue weighted by Crippen LogP contribution is 2.23. The van der Waals surface area contributed by atoms with Gasteiger partial charge in [0.05, 0.1) is 5.69 Å². The number of aryl methyl sites for hydroxylation is 1. The highest BCUT2D eigenvalue weighted by Gasteiger charge is 2.17. The number of nitrogens with zero attached hydrogens (tertiary/aromatic N) is 3. The van der Waals surface area contributed by atoms with Gasteiger partial charge in [-0.3, -0.25) is 0 Å². The molecule has 1 N–H and O–H groups in total. The molecule has 0 aliphatic heterocycles. The maximum atomic E-state index is 4.74. The molecular formula is C15H22N4. The van der Waals surface area contributed by atoms with Crippen molar-refractivity contribution in [1.82, 2.24) is 20.1 Å². The largest absolute Gasteiger partial charge is 0.316 e. The van der Waals surface area contributed by atoms with Crippen LogP contribution in [-0.4, -0.2) is 21.8 Å². The Hall–Kier alpha value is -1.68. The third kappa shape index (κ3) is 3.20. The molecule has 4 heteroatoms. The van der Waals surface area contributed by atoms with Crippen LogP contribution in [0.3, 0.4) is 0 Å². The van der Waals surface area contributed by atoms with Crippen molar-refractivity contribution >= 4 is 0 Å². The summed E-state index contributed by atoms with van der Waals surface area (Å²) in [7, 11) is 1.95. The van der Waals surface area contributed by atoms with Gasteiger partial charge in [0.1, 0.15) is 0 Å². The first-order valence-corrected chi connectivity index (χ1v) is 6.59. The van der Waals surface area contributed by atoms with E-state index in [1.807, 2.05) is 30.9 Å². The van der Waals surface area contributed by atoms with Crippen molar-refractivity contribution in [3.63, 3.8) is 0 Å². The predicted octanol–water partition coefficient (Wildman–Crippen LogP) is 2.59. The van der Waals surface area contributed by atoms with Crippen LogP contribution in [0.1, 0.15) is 37.7 Å². The highest BCUT2D eigenvalue weighted by molar-refractivity contribution is 5.33. The van der Waals surface area contributed by atoms with Crippen LogP contribution in [0.2, 0.25) is 0 Å². The predicted molar refractivity (Wildman–Crippen MR) is 77.6 cm³/mol. The smallest absolute Gasteiger partial charge is 0.153 e. The van der Waals surface area contributed by atoms with Crippen LogP contribution >= 0.6 is 0 Å². The highest BCUT2D eigenvalue weighted by atomic mass is 15.3. The van der Waals surface area contributed by atoms with Gasteiger partial charge in [-0.25, -0.2) is 9.67 Å². The number of pyridine rings is 1. The molecule has 2 aromatic rings. The summed E-state index contributed by atoms with van der Waals surface area (Å²) in [4.78, 5) is 4.74. The van der Waals surface area contributed by atoms with E-state index in [9.17, 15) is 0 Å². The second-order valence-electron chi connectivity index (χ2n) is 5.90. The lowest BCUT2D eigenvalue weighted by Crippen LogP contribution is -2.17. The molecule has 0 saturated carbocycles. The zero-order valence-electron chi connectivity index (χ0n) is 12.4. The molecule has 0 bridgehead atoms. The second-order valence-corrected chi connectivity index (χ2v) is 5.90. The van der Waals surface area contributed by atoms with Crippen LogP contribution in [0, 0.1) is 6.92 Å². The van der Waals surface area contributed by atoms with Gasteiger partial charge in [-0.05, 0) is 37.7 Å². The number of nitrogens with one attached hydrogen (secondary N) is 1. The maximum absolute atomic E-state index is 4.74. The van der Waals surface area contributed by atoms with Crippen LogP contribution in [-0.2, 0) is 12.0 Å². The molecule has 0 unspecified atom stereocenters. The zero-order valence-corrected chi connectivity index (χ0v) is 12.4. The number of aromatic nitrogens is 3. The summed E-state index contributed by atoms with van der Waals surface area (Å²) >= 11 is 0. The van der Waals surface area contributed by atoms with E-state index in [0.717, 1.165) is 23.8 Å². The SMILES string of the molecule is CNCc1cc(-n2ccc(C)n2)nc(C(C)(C)C)c1. The van der Waals surface area contributed by atoms with Crippen LogP contribution in [0.5, 0.6) is 0 Å². The van der Waals surface area contributed by atoms with Crippen molar-refractivity contribution in [2.75, 3.05) is 7.05 Å². The Kier molecular flexibility index (Phi) is 3.71. The van der Waals surface area contributed by atoms with Gasteiger partial charge in [0.15, 0.2) is 5.82 Å². The quantitative estimate of drug-likeness (QED) is 0.920. The average Bonchev–Trinajstić information content (AvgIpc) is 2.75. The Bertz CT molecular complexity index is 564. The number of hydrogen-bond donors (Lipinski definition) is 1. The van der Waals surface area contributed by atoms with Crippen molar-refractivity contribution in [1.29, 1.82) is 0 Å². The standard InChI is InChI=1S/C15H22N4/c1-11-6-7-19(18-11)14-9-12(10-16-5)8-13(17-14)15(2,3)4/h6-9,16H,10H2,1-5H3. The van der Waals surface area contributed by atoms with E-state index in [0.29, 0.717) is 0 Å². The summed E-state index contributed by atoms with van der Waals surface area (Å²) in [5.74, 6) is 0.880. The van der Waals surface area contributed by atoms with E-state index >= 15 is 0 Å². The van der Waals surface area contributed by atoms with Gasteiger partial charge < -0.3 is 5.32 Å².